The molecule has 4 heteroatoms. The average Bonchev–Trinajstić information content (AvgIpc) is 2.64. The summed E-state index contributed by atoms with van der Waals surface area (Å²) >= 11 is 0. The van der Waals surface area contributed by atoms with Crippen LogP contribution in [0, 0.1) is 0 Å². The van der Waals surface area contributed by atoms with E-state index in [1.165, 1.54) is 18.2 Å². The number of amides is 1. The first-order chi connectivity index (χ1) is 11.7. The van der Waals surface area contributed by atoms with Crippen LogP contribution < -0.4 is 4.74 Å². The maximum Gasteiger partial charge on any atom is 0.260 e. The van der Waals surface area contributed by atoms with Gasteiger partial charge in [-0.15, -0.1) is 0 Å². The van der Waals surface area contributed by atoms with E-state index in [2.05, 4.69) is 24.1 Å². The zero-order chi connectivity index (χ0) is 16.6. The van der Waals surface area contributed by atoms with Crippen molar-refractivity contribution in [2.45, 2.75) is 24.8 Å². The molecule has 1 amide bonds. The number of ether oxygens (including phenoxy) is 1. The maximum atomic E-state index is 12.6. The molecule has 2 aliphatic heterocycles. The van der Waals surface area contributed by atoms with Crippen LogP contribution in [0.4, 0.5) is 0 Å². The summed E-state index contributed by atoms with van der Waals surface area (Å²) in [5, 5.41) is 2.32. The van der Waals surface area contributed by atoms with Gasteiger partial charge >= 0.3 is 0 Å². The molecular formula is C20H24N2O2. The van der Waals surface area contributed by atoms with Gasteiger partial charge in [-0.3, -0.25) is 9.69 Å². The predicted molar refractivity (Wildman–Crippen MR) is 95.2 cm³/mol. The van der Waals surface area contributed by atoms with Crippen LogP contribution in [0.15, 0.2) is 42.5 Å². The number of likely N-dealkylation sites (tertiary alicyclic amines) is 2. The van der Waals surface area contributed by atoms with Crippen LogP contribution in [0.3, 0.4) is 0 Å². The number of fused-ring (bicyclic) bond motifs is 1. The summed E-state index contributed by atoms with van der Waals surface area (Å²) in [4.78, 5) is 16.9. The van der Waals surface area contributed by atoms with Gasteiger partial charge in [0.15, 0.2) is 6.61 Å². The van der Waals surface area contributed by atoms with Gasteiger partial charge in [0.05, 0.1) is 0 Å². The van der Waals surface area contributed by atoms with Gasteiger partial charge in [-0.2, -0.15) is 0 Å². The van der Waals surface area contributed by atoms with Crippen LogP contribution >= 0.6 is 0 Å². The molecule has 24 heavy (non-hydrogen) atoms. The first-order valence-electron chi connectivity index (χ1n) is 8.77. The highest BCUT2D eigenvalue weighted by atomic mass is 16.5. The molecule has 2 aromatic rings. The number of carbonyl (C=O) groups is 1. The molecule has 4 nitrogen and oxygen atoms in total. The molecule has 4 rings (SSSR count). The maximum absolute atomic E-state index is 12.6. The topological polar surface area (TPSA) is 32.8 Å². The number of rotatable bonds is 3. The first-order valence-corrected chi connectivity index (χ1v) is 8.77. The Morgan fingerprint density at radius 1 is 1.12 bits per heavy atom. The lowest BCUT2D eigenvalue weighted by Crippen LogP contribution is -2.66. The van der Waals surface area contributed by atoms with Gasteiger partial charge in [0.25, 0.3) is 5.91 Å². The molecule has 2 saturated heterocycles. The Labute approximate surface area is 143 Å². The number of carbonyl (C=O) groups excluding carboxylic acids is 1. The fraction of sp³-hybridized carbons (Fsp3) is 0.450. The van der Waals surface area contributed by atoms with Gasteiger partial charge in [-0.05, 0) is 49.2 Å². The monoisotopic (exact) mass is 324 g/mol. The summed E-state index contributed by atoms with van der Waals surface area (Å²) in [6.07, 6.45) is 3.50. The van der Waals surface area contributed by atoms with Crippen molar-refractivity contribution < 1.29 is 9.53 Å². The van der Waals surface area contributed by atoms with Crippen LogP contribution in [0.5, 0.6) is 5.75 Å². The highest BCUT2D eigenvalue weighted by molar-refractivity contribution is 5.84. The van der Waals surface area contributed by atoms with Crippen LogP contribution in [-0.2, 0) is 4.79 Å². The van der Waals surface area contributed by atoms with Gasteiger partial charge in [-0.25, -0.2) is 0 Å². The van der Waals surface area contributed by atoms with E-state index >= 15 is 0 Å². The van der Waals surface area contributed by atoms with Crippen LogP contribution in [0.1, 0.15) is 19.3 Å². The van der Waals surface area contributed by atoms with Crippen LogP contribution in [-0.4, -0.2) is 54.5 Å². The molecule has 0 radical (unpaired) electrons. The fourth-order valence-corrected chi connectivity index (χ4v) is 3.99. The molecule has 2 heterocycles. The number of hydrogen-bond acceptors (Lipinski definition) is 3. The molecular weight excluding hydrogens is 300 g/mol. The molecule has 2 aliphatic rings. The standard InChI is InChI=1S/C20H24N2O2/c1-21-12-10-20(21)9-4-11-22(15-20)19(23)14-24-18-8-7-16-5-2-3-6-17(16)13-18/h2-3,5-8,13H,4,9-12,14-15H2,1H3. The second-order valence-corrected chi connectivity index (χ2v) is 7.11. The fourth-order valence-electron chi connectivity index (χ4n) is 3.99. The van der Waals surface area contributed by atoms with Gasteiger partial charge in [0.1, 0.15) is 5.75 Å². The molecule has 0 bridgehead atoms. The minimum atomic E-state index is 0.0996. The predicted octanol–water partition coefficient (Wildman–Crippen LogP) is 2.92. The van der Waals surface area contributed by atoms with Crippen molar-refractivity contribution in [2.75, 3.05) is 33.3 Å². The van der Waals surface area contributed by atoms with Gasteiger partial charge in [0.2, 0.25) is 0 Å². The number of benzene rings is 2. The second kappa shape index (κ2) is 6.10. The lowest BCUT2D eigenvalue weighted by Gasteiger charge is -2.55. The van der Waals surface area contributed by atoms with Crippen molar-refractivity contribution in [3.05, 3.63) is 42.5 Å². The molecule has 1 spiro atoms. The highest BCUT2D eigenvalue weighted by Gasteiger charge is 2.45. The molecule has 1 unspecified atom stereocenters. The molecule has 2 fully saturated rings. The van der Waals surface area contributed by atoms with Crippen molar-refractivity contribution in [1.29, 1.82) is 0 Å². The molecule has 1 atom stereocenters. The SMILES string of the molecule is CN1CCC12CCCN(C(=O)COc1ccc3ccccc3c1)C2. The number of piperidine rings is 1. The molecule has 0 saturated carbocycles. The summed E-state index contributed by atoms with van der Waals surface area (Å²) in [5.74, 6) is 0.858. The summed E-state index contributed by atoms with van der Waals surface area (Å²) in [5.41, 5.74) is 0.233. The van der Waals surface area contributed by atoms with E-state index in [0.717, 1.165) is 37.2 Å². The van der Waals surface area contributed by atoms with E-state index in [0.29, 0.717) is 0 Å². The lowest BCUT2D eigenvalue weighted by molar-refractivity contribution is -0.141. The van der Waals surface area contributed by atoms with Gasteiger partial charge < -0.3 is 9.64 Å². The number of hydrogen-bond donors (Lipinski definition) is 0. The van der Waals surface area contributed by atoms with Crippen LogP contribution in [0.2, 0.25) is 0 Å². The van der Waals surface area contributed by atoms with Crippen molar-refractivity contribution in [1.82, 2.24) is 9.80 Å². The van der Waals surface area contributed by atoms with Crippen molar-refractivity contribution in [2.24, 2.45) is 0 Å². The van der Waals surface area contributed by atoms with Gasteiger partial charge in [-0.1, -0.05) is 30.3 Å². The van der Waals surface area contributed by atoms with E-state index in [1.54, 1.807) is 0 Å². The summed E-state index contributed by atoms with van der Waals surface area (Å²) in [7, 11) is 2.17. The van der Waals surface area contributed by atoms with E-state index < -0.39 is 0 Å². The Bertz CT molecular complexity index is 760. The smallest absolute Gasteiger partial charge is 0.260 e. The van der Waals surface area contributed by atoms with Crippen molar-refractivity contribution in [3.8, 4) is 5.75 Å². The number of likely N-dealkylation sites (N-methyl/N-ethyl adjacent to an activating group) is 1. The minimum absolute atomic E-state index is 0.0996. The normalized spacial score (nSPS) is 24.1. The third-order valence-electron chi connectivity index (χ3n) is 5.71. The first kappa shape index (κ1) is 15.5. The summed E-state index contributed by atoms with van der Waals surface area (Å²) < 4.78 is 5.77. The molecule has 0 aliphatic carbocycles. The Morgan fingerprint density at radius 2 is 1.96 bits per heavy atom. The van der Waals surface area contributed by atoms with E-state index in [-0.39, 0.29) is 18.1 Å². The lowest BCUT2D eigenvalue weighted by atomic mass is 9.78. The average molecular weight is 324 g/mol. The van der Waals surface area contributed by atoms with Crippen molar-refractivity contribution in [3.63, 3.8) is 0 Å². The third-order valence-corrected chi connectivity index (χ3v) is 5.71. The van der Waals surface area contributed by atoms with Gasteiger partial charge in [0, 0.05) is 25.2 Å². The Hall–Kier alpha value is -2.07. The minimum Gasteiger partial charge on any atom is -0.484 e. The third kappa shape index (κ3) is 2.75. The quantitative estimate of drug-likeness (QED) is 0.870. The van der Waals surface area contributed by atoms with E-state index in [1.807, 2.05) is 35.2 Å². The number of nitrogens with zero attached hydrogens (tertiary/aromatic N) is 2. The Balaban J connectivity index is 1.38. The van der Waals surface area contributed by atoms with E-state index in [4.69, 9.17) is 4.74 Å². The molecule has 0 aromatic heterocycles. The molecule has 2 aromatic carbocycles. The summed E-state index contributed by atoms with van der Waals surface area (Å²) in [6.45, 7) is 2.98. The highest BCUT2D eigenvalue weighted by Crippen LogP contribution is 2.37. The summed E-state index contributed by atoms with van der Waals surface area (Å²) in [6, 6.07) is 14.1. The Morgan fingerprint density at radius 3 is 2.71 bits per heavy atom. The second-order valence-electron chi connectivity index (χ2n) is 7.11. The Kier molecular flexibility index (Phi) is 3.93. The molecule has 0 N–H and O–H groups in total. The van der Waals surface area contributed by atoms with E-state index in [9.17, 15) is 4.79 Å². The molecule has 126 valence electrons. The largest absolute Gasteiger partial charge is 0.484 e. The zero-order valence-corrected chi connectivity index (χ0v) is 14.2. The zero-order valence-electron chi connectivity index (χ0n) is 14.2. The van der Waals surface area contributed by atoms with Crippen molar-refractivity contribution >= 4 is 16.7 Å². The van der Waals surface area contributed by atoms with Crippen LogP contribution in [0.25, 0.3) is 10.8 Å².